The highest BCUT2D eigenvalue weighted by Crippen LogP contribution is 2.37. The van der Waals surface area contributed by atoms with Gasteiger partial charge in [0, 0.05) is 25.3 Å². The van der Waals surface area contributed by atoms with Gasteiger partial charge in [0.15, 0.2) is 0 Å². The fraction of sp³-hybridized carbons (Fsp3) is 0.600. The Morgan fingerprint density at radius 1 is 1.18 bits per heavy atom. The highest BCUT2D eigenvalue weighted by molar-refractivity contribution is 5.54. The van der Waals surface area contributed by atoms with Gasteiger partial charge in [0.1, 0.15) is 5.75 Å². The molecule has 0 bridgehead atoms. The molecule has 0 radical (unpaired) electrons. The third kappa shape index (κ3) is 2.93. The highest BCUT2D eigenvalue weighted by Gasteiger charge is 2.27. The maximum atomic E-state index is 6.00. The number of hydrogen-bond donors (Lipinski definition) is 0. The van der Waals surface area contributed by atoms with Crippen molar-refractivity contribution in [3.63, 3.8) is 0 Å². The zero-order chi connectivity index (χ0) is 12.6. The molecule has 0 atom stereocenters. The fourth-order valence-corrected chi connectivity index (χ4v) is 1.85. The van der Waals surface area contributed by atoms with Crippen molar-refractivity contribution in [1.82, 2.24) is 0 Å². The van der Waals surface area contributed by atoms with Crippen LogP contribution in [0.5, 0.6) is 5.75 Å². The van der Waals surface area contributed by atoms with Crippen molar-refractivity contribution >= 4 is 5.69 Å². The van der Waals surface area contributed by atoms with Crippen LogP contribution in [-0.4, -0.2) is 20.2 Å². The molecule has 1 aliphatic rings. The van der Waals surface area contributed by atoms with Crippen LogP contribution >= 0.6 is 0 Å². The van der Waals surface area contributed by atoms with E-state index in [-0.39, 0.29) is 5.41 Å². The molecule has 0 unspecified atom stereocenters. The zero-order valence-electron chi connectivity index (χ0n) is 11.6. The average molecular weight is 233 g/mol. The third-order valence-electron chi connectivity index (χ3n) is 3.11. The van der Waals surface area contributed by atoms with Gasteiger partial charge in [-0.2, -0.15) is 0 Å². The van der Waals surface area contributed by atoms with E-state index in [1.807, 2.05) is 0 Å². The lowest BCUT2D eigenvalue weighted by Crippen LogP contribution is -2.16. The number of benzene rings is 1. The van der Waals surface area contributed by atoms with Gasteiger partial charge in [0.2, 0.25) is 0 Å². The molecule has 17 heavy (non-hydrogen) atoms. The molecule has 94 valence electrons. The van der Waals surface area contributed by atoms with Crippen molar-refractivity contribution in [2.75, 3.05) is 19.0 Å². The van der Waals surface area contributed by atoms with Crippen molar-refractivity contribution in [3.05, 3.63) is 23.8 Å². The van der Waals surface area contributed by atoms with Crippen LogP contribution in [0.4, 0.5) is 5.69 Å². The molecule has 0 spiro atoms. The number of rotatable bonds is 3. The van der Waals surface area contributed by atoms with Gasteiger partial charge in [0.05, 0.1) is 6.10 Å². The molecule has 1 fully saturated rings. The van der Waals surface area contributed by atoms with E-state index in [0.717, 1.165) is 5.75 Å². The molecule has 1 aromatic rings. The summed E-state index contributed by atoms with van der Waals surface area (Å²) in [6, 6.07) is 6.50. The first kappa shape index (κ1) is 12.3. The van der Waals surface area contributed by atoms with E-state index in [9.17, 15) is 0 Å². The Morgan fingerprint density at radius 2 is 1.82 bits per heavy atom. The Balaban J connectivity index is 2.36. The topological polar surface area (TPSA) is 12.5 Å². The molecule has 0 amide bonds. The molecule has 1 saturated carbocycles. The van der Waals surface area contributed by atoms with Crippen LogP contribution in [0.3, 0.4) is 0 Å². The van der Waals surface area contributed by atoms with Crippen LogP contribution in [0, 0.1) is 0 Å². The summed E-state index contributed by atoms with van der Waals surface area (Å²) in [5.74, 6) is 1.06. The minimum atomic E-state index is 0.121. The normalized spacial score (nSPS) is 15.8. The van der Waals surface area contributed by atoms with Crippen molar-refractivity contribution < 1.29 is 4.74 Å². The minimum absolute atomic E-state index is 0.121. The van der Waals surface area contributed by atoms with Crippen LogP contribution in [0.25, 0.3) is 0 Å². The summed E-state index contributed by atoms with van der Waals surface area (Å²) >= 11 is 0. The summed E-state index contributed by atoms with van der Waals surface area (Å²) in [6.45, 7) is 6.71. The first-order valence-electron chi connectivity index (χ1n) is 6.36. The van der Waals surface area contributed by atoms with Crippen molar-refractivity contribution in [2.24, 2.45) is 0 Å². The van der Waals surface area contributed by atoms with Crippen LogP contribution in [0.1, 0.15) is 39.2 Å². The van der Waals surface area contributed by atoms with Gasteiger partial charge in [-0.1, -0.05) is 20.8 Å². The van der Waals surface area contributed by atoms with Crippen LogP contribution in [0.2, 0.25) is 0 Å². The summed E-state index contributed by atoms with van der Waals surface area (Å²) in [5, 5.41) is 0. The van der Waals surface area contributed by atoms with E-state index in [4.69, 9.17) is 4.74 Å². The molecular formula is C15H23NO. The van der Waals surface area contributed by atoms with Crippen LogP contribution in [-0.2, 0) is 5.41 Å². The molecule has 2 heteroatoms. The van der Waals surface area contributed by atoms with Gasteiger partial charge in [-0.15, -0.1) is 0 Å². The molecule has 1 aromatic carbocycles. The number of nitrogens with zero attached hydrogens (tertiary/aromatic N) is 1. The molecule has 0 aromatic heterocycles. The molecule has 2 nitrogen and oxygen atoms in total. The molecule has 0 aliphatic heterocycles. The van der Waals surface area contributed by atoms with E-state index in [1.54, 1.807) is 0 Å². The quantitative estimate of drug-likeness (QED) is 0.791. The highest BCUT2D eigenvalue weighted by atomic mass is 16.5. The van der Waals surface area contributed by atoms with Gasteiger partial charge >= 0.3 is 0 Å². The lowest BCUT2D eigenvalue weighted by atomic mass is 9.86. The predicted octanol–water partition coefficient (Wildman–Crippen LogP) is 3.59. The maximum absolute atomic E-state index is 6.00. The second kappa shape index (κ2) is 4.25. The van der Waals surface area contributed by atoms with E-state index >= 15 is 0 Å². The number of hydrogen-bond acceptors (Lipinski definition) is 2. The van der Waals surface area contributed by atoms with Gasteiger partial charge in [-0.25, -0.2) is 0 Å². The monoisotopic (exact) mass is 233 g/mol. The number of ether oxygens (including phenoxy) is 1. The Kier molecular flexibility index (Phi) is 3.07. The summed E-state index contributed by atoms with van der Waals surface area (Å²) in [7, 11) is 4.15. The molecule has 1 aliphatic carbocycles. The Hall–Kier alpha value is -1.18. The lowest BCUT2D eigenvalue weighted by Gasteiger charge is -2.25. The van der Waals surface area contributed by atoms with E-state index in [0.29, 0.717) is 6.10 Å². The van der Waals surface area contributed by atoms with Crippen molar-refractivity contribution in [2.45, 2.75) is 45.1 Å². The van der Waals surface area contributed by atoms with Crippen LogP contribution < -0.4 is 9.64 Å². The maximum Gasteiger partial charge on any atom is 0.123 e. The summed E-state index contributed by atoms with van der Waals surface area (Å²) < 4.78 is 6.00. The Bertz CT molecular complexity index is 400. The van der Waals surface area contributed by atoms with E-state index in [2.05, 4.69) is 58.0 Å². The fourth-order valence-electron chi connectivity index (χ4n) is 1.85. The Labute approximate surface area is 105 Å². The second-order valence-electron chi connectivity index (χ2n) is 6.14. The SMILES string of the molecule is CN(C)c1ccc(OC2CC2)c(C(C)(C)C)c1. The minimum Gasteiger partial charge on any atom is -0.490 e. The molecule has 0 N–H and O–H groups in total. The van der Waals surface area contributed by atoms with Gasteiger partial charge in [0.25, 0.3) is 0 Å². The second-order valence-corrected chi connectivity index (χ2v) is 6.14. The summed E-state index contributed by atoms with van der Waals surface area (Å²) in [4.78, 5) is 2.14. The van der Waals surface area contributed by atoms with Crippen molar-refractivity contribution in [3.8, 4) is 5.75 Å². The zero-order valence-corrected chi connectivity index (χ0v) is 11.6. The summed E-state index contributed by atoms with van der Waals surface area (Å²) in [6.07, 6.45) is 2.87. The standard InChI is InChI=1S/C15H23NO/c1-15(2,3)13-10-11(16(4)5)6-9-14(13)17-12-7-8-12/h6,9-10,12H,7-8H2,1-5H3. The van der Waals surface area contributed by atoms with Crippen LogP contribution in [0.15, 0.2) is 18.2 Å². The van der Waals surface area contributed by atoms with E-state index in [1.165, 1.54) is 24.1 Å². The number of anilines is 1. The Morgan fingerprint density at radius 3 is 2.29 bits per heavy atom. The molecular weight excluding hydrogens is 210 g/mol. The molecule has 2 rings (SSSR count). The first-order chi connectivity index (χ1) is 7.88. The third-order valence-corrected chi connectivity index (χ3v) is 3.11. The van der Waals surface area contributed by atoms with Crippen molar-refractivity contribution in [1.29, 1.82) is 0 Å². The average Bonchev–Trinajstić information content (AvgIpc) is 3.00. The smallest absolute Gasteiger partial charge is 0.123 e. The van der Waals surface area contributed by atoms with Gasteiger partial charge in [-0.3, -0.25) is 0 Å². The molecule has 0 saturated heterocycles. The van der Waals surface area contributed by atoms with Gasteiger partial charge in [-0.05, 0) is 36.5 Å². The molecule has 0 heterocycles. The largest absolute Gasteiger partial charge is 0.490 e. The van der Waals surface area contributed by atoms with Gasteiger partial charge < -0.3 is 9.64 Å². The lowest BCUT2D eigenvalue weighted by molar-refractivity contribution is 0.295. The summed E-state index contributed by atoms with van der Waals surface area (Å²) in [5.41, 5.74) is 2.66. The predicted molar refractivity (Wildman–Crippen MR) is 73.1 cm³/mol. The first-order valence-corrected chi connectivity index (χ1v) is 6.36. The van der Waals surface area contributed by atoms with E-state index < -0.39 is 0 Å².